The fourth-order valence-corrected chi connectivity index (χ4v) is 0.662. The smallest absolute Gasteiger partial charge is 0.400 e. The van der Waals surface area contributed by atoms with E-state index in [9.17, 15) is 13.2 Å². The molecule has 0 bridgehead atoms. The Labute approximate surface area is 67.2 Å². The van der Waals surface area contributed by atoms with Crippen LogP contribution in [0.5, 0.6) is 0 Å². The van der Waals surface area contributed by atoms with Crippen molar-refractivity contribution in [1.29, 1.82) is 0 Å². The number of nitrogens with zero attached hydrogens (tertiary/aromatic N) is 1. The number of oxime groups is 1. The minimum atomic E-state index is -4.49. The molecule has 0 aliphatic carbocycles. The number of alkyl halides is 3. The first kappa shape index (κ1) is 11.0. The van der Waals surface area contributed by atoms with Gasteiger partial charge in [-0.3, -0.25) is 0 Å². The zero-order valence-electron chi connectivity index (χ0n) is 6.39. The molecular weight excluding hydrogens is 175 g/mol. The molecule has 1 unspecified atom stereocenters. The van der Waals surface area contributed by atoms with Crippen LogP contribution in [-0.2, 0) is 0 Å². The minimum Gasteiger partial charge on any atom is -0.409 e. The van der Waals surface area contributed by atoms with Crippen LogP contribution in [-0.4, -0.2) is 30.8 Å². The summed E-state index contributed by atoms with van der Waals surface area (Å²) in [5.74, 6) is -2.77. The number of hydrogen-bond acceptors (Lipinski definition) is 3. The van der Waals surface area contributed by atoms with E-state index in [0.717, 1.165) is 0 Å². The van der Waals surface area contributed by atoms with Gasteiger partial charge >= 0.3 is 6.18 Å². The highest BCUT2D eigenvalue weighted by Crippen LogP contribution is 2.25. The molecule has 0 saturated heterocycles. The maximum atomic E-state index is 12.0. The normalized spacial score (nSPS) is 16.2. The van der Waals surface area contributed by atoms with Gasteiger partial charge in [0.2, 0.25) is 0 Å². The van der Waals surface area contributed by atoms with Crippen LogP contribution in [0.25, 0.3) is 0 Å². The average molecular weight is 185 g/mol. The molecule has 12 heavy (non-hydrogen) atoms. The monoisotopic (exact) mass is 185 g/mol. The van der Waals surface area contributed by atoms with E-state index in [-0.39, 0.29) is 0 Å². The predicted octanol–water partition coefficient (Wildman–Crippen LogP) is 0.131. The fourth-order valence-electron chi connectivity index (χ4n) is 0.662. The molecule has 0 heterocycles. The van der Waals surface area contributed by atoms with Gasteiger partial charge < -0.3 is 16.3 Å². The Balaban J connectivity index is 4.44. The molecule has 0 aliphatic rings. The van der Waals surface area contributed by atoms with Gasteiger partial charge in [0.15, 0.2) is 5.84 Å². The van der Waals surface area contributed by atoms with Crippen LogP contribution in [0.2, 0.25) is 0 Å². The molecule has 7 heteroatoms. The first-order valence-corrected chi connectivity index (χ1v) is 3.12. The quantitative estimate of drug-likeness (QED) is 0.253. The number of nitrogens with two attached hydrogens (primary N) is 1. The molecule has 0 amide bonds. The first-order chi connectivity index (χ1) is 5.43. The second-order valence-corrected chi connectivity index (χ2v) is 2.18. The first-order valence-electron chi connectivity index (χ1n) is 3.12. The summed E-state index contributed by atoms with van der Waals surface area (Å²) < 4.78 is 36.1. The van der Waals surface area contributed by atoms with Crippen molar-refractivity contribution in [2.45, 2.75) is 6.18 Å². The molecule has 72 valence electrons. The van der Waals surface area contributed by atoms with Gasteiger partial charge in [-0.15, -0.1) is 0 Å². The molecule has 0 aromatic carbocycles. The summed E-state index contributed by atoms with van der Waals surface area (Å²) in [7, 11) is 1.35. The molecule has 0 saturated carbocycles. The number of rotatable bonds is 3. The van der Waals surface area contributed by atoms with Gasteiger partial charge in [-0.1, -0.05) is 5.16 Å². The van der Waals surface area contributed by atoms with Crippen LogP contribution in [0.1, 0.15) is 0 Å². The largest absolute Gasteiger partial charge is 0.409 e. The van der Waals surface area contributed by atoms with E-state index in [1.807, 2.05) is 0 Å². The summed E-state index contributed by atoms with van der Waals surface area (Å²) in [4.78, 5) is 0. The Morgan fingerprint density at radius 2 is 2.17 bits per heavy atom. The predicted molar refractivity (Wildman–Crippen MR) is 36.9 cm³/mol. The Hall–Kier alpha value is -0.980. The van der Waals surface area contributed by atoms with Crippen LogP contribution in [0.15, 0.2) is 5.16 Å². The van der Waals surface area contributed by atoms with Crippen molar-refractivity contribution in [3.05, 3.63) is 0 Å². The van der Waals surface area contributed by atoms with E-state index < -0.39 is 24.5 Å². The molecule has 0 spiro atoms. The zero-order valence-corrected chi connectivity index (χ0v) is 6.39. The lowest BCUT2D eigenvalue weighted by Gasteiger charge is -2.17. The number of nitrogens with one attached hydrogen (secondary N) is 1. The van der Waals surface area contributed by atoms with Crippen LogP contribution in [0.4, 0.5) is 13.2 Å². The molecule has 0 aromatic rings. The lowest BCUT2D eigenvalue weighted by Crippen LogP contribution is -2.41. The summed E-state index contributed by atoms with van der Waals surface area (Å²) in [5.41, 5.74) is 4.83. The highest BCUT2D eigenvalue weighted by molar-refractivity contribution is 5.83. The van der Waals surface area contributed by atoms with E-state index in [4.69, 9.17) is 10.9 Å². The summed E-state index contributed by atoms with van der Waals surface area (Å²) in [6.07, 6.45) is -4.49. The molecule has 4 N–H and O–H groups in total. The zero-order chi connectivity index (χ0) is 9.78. The van der Waals surface area contributed by atoms with Crippen LogP contribution in [0, 0.1) is 5.92 Å². The number of halogens is 3. The molecule has 0 aromatic heterocycles. The van der Waals surface area contributed by atoms with Gasteiger partial charge in [0, 0.05) is 6.54 Å². The van der Waals surface area contributed by atoms with Crippen molar-refractivity contribution in [3.63, 3.8) is 0 Å². The van der Waals surface area contributed by atoms with Crippen LogP contribution >= 0.6 is 0 Å². The molecule has 0 radical (unpaired) electrons. The van der Waals surface area contributed by atoms with Crippen LogP contribution in [0.3, 0.4) is 0 Å². The van der Waals surface area contributed by atoms with E-state index >= 15 is 0 Å². The lowest BCUT2D eigenvalue weighted by molar-refractivity contribution is -0.154. The van der Waals surface area contributed by atoms with Crippen molar-refractivity contribution in [1.82, 2.24) is 5.32 Å². The number of amidine groups is 1. The van der Waals surface area contributed by atoms with Crippen molar-refractivity contribution in [2.24, 2.45) is 16.8 Å². The van der Waals surface area contributed by atoms with Gasteiger partial charge in [0.1, 0.15) is 5.92 Å². The van der Waals surface area contributed by atoms with Gasteiger partial charge in [-0.25, -0.2) is 0 Å². The van der Waals surface area contributed by atoms with E-state index in [0.29, 0.717) is 0 Å². The van der Waals surface area contributed by atoms with E-state index in [2.05, 4.69) is 10.5 Å². The number of hydrogen-bond donors (Lipinski definition) is 3. The van der Waals surface area contributed by atoms with Crippen molar-refractivity contribution >= 4 is 5.84 Å². The fraction of sp³-hybridized carbons (Fsp3) is 0.800. The topological polar surface area (TPSA) is 70.6 Å². The maximum Gasteiger partial charge on any atom is 0.400 e. The average Bonchev–Trinajstić information content (AvgIpc) is 1.96. The Kier molecular flexibility index (Phi) is 3.81. The summed E-state index contributed by atoms with van der Waals surface area (Å²) in [6, 6.07) is 0. The Morgan fingerprint density at radius 1 is 1.67 bits per heavy atom. The second kappa shape index (κ2) is 4.15. The van der Waals surface area contributed by atoms with Crippen molar-refractivity contribution in [3.8, 4) is 0 Å². The highest BCUT2D eigenvalue weighted by atomic mass is 19.4. The lowest BCUT2D eigenvalue weighted by atomic mass is 10.1. The SMILES string of the molecule is CNCC(C(N)=NO)C(F)(F)F. The van der Waals surface area contributed by atoms with Gasteiger partial charge in [0.25, 0.3) is 0 Å². The van der Waals surface area contributed by atoms with Crippen molar-refractivity contribution in [2.75, 3.05) is 13.6 Å². The summed E-state index contributed by atoms with van der Waals surface area (Å²) >= 11 is 0. The summed E-state index contributed by atoms with van der Waals surface area (Å²) in [5, 5.41) is 12.6. The summed E-state index contributed by atoms with van der Waals surface area (Å²) in [6.45, 7) is -0.403. The Bertz CT molecular complexity index is 168. The molecular formula is C5H10F3N3O. The molecule has 0 fully saturated rings. The van der Waals surface area contributed by atoms with Gasteiger partial charge in [0.05, 0.1) is 0 Å². The Morgan fingerprint density at radius 3 is 2.42 bits per heavy atom. The third kappa shape index (κ3) is 2.95. The second-order valence-electron chi connectivity index (χ2n) is 2.18. The van der Waals surface area contributed by atoms with Gasteiger partial charge in [-0.2, -0.15) is 13.2 Å². The van der Waals surface area contributed by atoms with Gasteiger partial charge in [-0.05, 0) is 7.05 Å². The maximum absolute atomic E-state index is 12.0. The highest BCUT2D eigenvalue weighted by Gasteiger charge is 2.42. The van der Waals surface area contributed by atoms with Crippen LogP contribution < -0.4 is 11.1 Å². The molecule has 4 nitrogen and oxygen atoms in total. The van der Waals surface area contributed by atoms with E-state index in [1.165, 1.54) is 7.05 Å². The third-order valence-electron chi connectivity index (χ3n) is 1.28. The molecule has 1 atom stereocenters. The van der Waals surface area contributed by atoms with Crippen molar-refractivity contribution < 1.29 is 18.4 Å². The minimum absolute atomic E-state index is 0.403. The molecule has 0 rings (SSSR count). The standard InChI is InChI=1S/C5H10F3N3O/c1-10-2-3(4(9)11-12)5(6,7)8/h3,10,12H,2H2,1H3,(H2,9,11). The third-order valence-corrected chi connectivity index (χ3v) is 1.28. The molecule has 0 aliphatic heterocycles. The van der Waals surface area contributed by atoms with E-state index in [1.54, 1.807) is 0 Å².